The molecule has 2 aromatic rings. The smallest absolute Gasteiger partial charge is 0.347 e. The fraction of sp³-hybridized carbons (Fsp3) is 0.613. The van der Waals surface area contributed by atoms with Crippen molar-refractivity contribution in [3.8, 4) is 5.75 Å². The zero-order valence-electron chi connectivity index (χ0n) is 23.9. The van der Waals surface area contributed by atoms with Crippen molar-refractivity contribution < 1.29 is 19.1 Å². The molecule has 216 valence electrons. The van der Waals surface area contributed by atoms with E-state index in [1.54, 1.807) is 11.5 Å². The van der Waals surface area contributed by atoms with E-state index < -0.39 is 0 Å². The molecule has 3 aliphatic rings. The Bertz CT molecular complexity index is 1270. The van der Waals surface area contributed by atoms with Gasteiger partial charge in [-0.1, -0.05) is 18.6 Å². The van der Waals surface area contributed by atoms with Crippen LogP contribution in [0.4, 0.5) is 0 Å². The number of likely N-dealkylation sites (tertiary alicyclic amines) is 1. The molecule has 0 bridgehead atoms. The number of hydrogen-bond acceptors (Lipinski definition) is 6. The SMILES string of the molecule is Cc1cc(C)n(CCC(=O)N2CCC3(CCCCOC[C@@H]4CCCN4C(=O)c4ccccc4OC3)CC2)c(=O)n1. The lowest BCUT2D eigenvalue weighted by Crippen LogP contribution is -2.46. The van der Waals surface area contributed by atoms with Crippen LogP contribution in [-0.2, 0) is 16.1 Å². The van der Waals surface area contributed by atoms with Gasteiger partial charge in [0.15, 0.2) is 0 Å². The number of hydrogen-bond donors (Lipinski definition) is 0. The van der Waals surface area contributed by atoms with Crippen LogP contribution in [0.1, 0.15) is 73.1 Å². The van der Waals surface area contributed by atoms with E-state index in [0.29, 0.717) is 56.5 Å². The average Bonchev–Trinajstić information content (AvgIpc) is 3.41. The first kappa shape index (κ1) is 28.3. The Labute approximate surface area is 236 Å². The molecular weight excluding hydrogens is 508 g/mol. The highest BCUT2D eigenvalue weighted by Gasteiger charge is 2.37. The van der Waals surface area contributed by atoms with E-state index >= 15 is 0 Å². The molecule has 9 heteroatoms. The number of amides is 2. The van der Waals surface area contributed by atoms with Gasteiger partial charge in [-0.3, -0.25) is 14.2 Å². The van der Waals surface area contributed by atoms with E-state index in [9.17, 15) is 14.4 Å². The van der Waals surface area contributed by atoms with Crippen LogP contribution in [0.5, 0.6) is 5.75 Å². The summed E-state index contributed by atoms with van der Waals surface area (Å²) in [5, 5.41) is 0. The molecule has 1 aromatic heterocycles. The molecule has 2 saturated heterocycles. The first-order valence-electron chi connectivity index (χ1n) is 14.8. The number of carbonyl (C=O) groups is 2. The maximum Gasteiger partial charge on any atom is 0.347 e. The number of nitrogens with zero attached hydrogens (tertiary/aromatic N) is 4. The number of benzene rings is 1. The van der Waals surface area contributed by atoms with Gasteiger partial charge in [0.05, 0.1) is 24.8 Å². The van der Waals surface area contributed by atoms with Crippen LogP contribution in [0, 0.1) is 19.3 Å². The maximum atomic E-state index is 13.5. The van der Waals surface area contributed by atoms with Crippen LogP contribution in [-0.4, -0.2) is 76.7 Å². The zero-order chi connectivity index (χ0) is 28.1. The summed E-state index contributed by atoms with van der Waals surface area (Å²) in [6, 6.07) is 9.57. The predicted octanol–water partition coefficient (Wildman–Crippen LogP) is 3.74. The lowest BCUT2D eigenvalue weighted by Gasteiger charge is -2.42. The van der Waals surface area contributed by atoms with Gasteiger partial charge < -0.3 is 19.3 Å². The Morgan fingerprint density at radius 3 is 2.65 bits per heavy atom. The maximum absolute atomic E-state index is 13.5. The molecule has 4 heterocycles. The summed E-state index contributed by atoms with van der Waals surface area (Å²) in [6.45, 7) is 7.89. The largest absolute Gasteiger partial charge is 0.492 e. The second-order valence-electron chi connectivity index (χ2n) is 11.7. The minimum Gasteiger partial charge on any atom is -0.492 e. The molecule has 9 nitrogen and oxygen atoms in total. The third-order valence-corrected chi connectivity index (χ3v) is 8.92. The third kappa shape index (κ3) is 6.40. The van der Waals surface area contributed by atoms with Crippen LogP contribution in [0.2, 0.25) is 0 Å². The van der Waals surface area contributed by atoms with Gasteiger partial charge in [-0.15, -0.1) is 0 Å². The number of aryl methyl sites for hydroxylation is 2. The van der Waals surface area contributed by atoms with Crippen molar-refractivity contribution in [3.63, 3.8) is 0 Å². The van der Waals surface area contributed by atoms with Crippen LogP contribution in [0.3, 0.4) is 0 Å². The summed E-state index contributed by atoms with van der Waals surface area (Å²) in [5.74, 6) is 0.723. The van der Waals surface area contributed by atoms with Gasteiger partial charge in [0, 0.05) is 56.0 Å². The van der Waals surface area contributed by atoms with Gasteiger partial charge in [-0.05, 0) is 70.6 Å². The van der Waals surface area contributed by atoms with Crippen LogP contribution in [0.15, 0.2) is 35.1 Å². The summed E-state index contributed by atoms with van der Waals surface area (Å²) in [5.41, 5.74) is 1.76. The molecule has 2 amide bonds. The third-order valence-electron chi connectivity index (χ3n) is 8.92. The summed E-state index contributed by atoms with van der Waals surface area (Å²) in [4.78, 5) is 46.8. The van der Waals surface area contributed by atoms with Gasteiger partial charge in [0.2, 0.25) is 5.91 Å². The Morgan fingerprint density at radius 2 is 1.85 bits per heavy atom. The standard InChI is InChI=1S/C31H42N4O5/c1-23-20-24(2)34(30(38)32-23)16-11-28(36)33-17-13-31(14-18-33)12-5-6-19-39-21-25-8-7-15-35(25)29(37)26-9-3-4-10-27(26)40-22-31/h3-4,9-10,20,25H,5-8,11-19,21-22H2,1-2H3/t25-/m0/s1. The summed E-state index contributed by atoms with van der Waals surface area (Å²) < 4.78 is 14.1. The lowest BCUT2D eigenvalue weighted by atomic mass is 9.75. The van der Waals surface area contributed by atoms with E-state index in [1.165, 1.54) is 0 Å². The van der Waals surface area contributed by atoms with Crippen molar-refractivity contribution in [1.29, 1.82) is 0 Å². The minimum absolute atomic E-state index is 0.0198. The number of fused-ring (bicyclic) bond motifs is 2. The fourth-order valence-electron chi connectivity index (χ4n) is 6.46. The van der Waals surface area contributed by atoms with Crippen molar-refractivity contribution in [3.05, 3.63) is 57.8 Å². The summed E-state index contributed by atoms with van der Waals surface area (Å²) >= 11 is 0. The highest BCUT2D eigenvalue weighted by atomic mass is 16.5. The lowest BCUT2D eigenvalue weighted by molar-refractivity contribution is -0.134. The molecule has 3 aliphatic heterocycles. The quantitative estimate of drug-likeness (QED) is 0.578. The second-order valence-corrected chi connectivity index (χ2v) is 11.7. The number of para-hydroxylation sites is 1. The van der Waals surface area contributed by atoms with Crippen molar-refractivity contribution in [2.75, 3.05) is 39.5 Å². The second kappa shape index (κ2) is 12.5. The van der Waals surface area contributed by atoms with Crippen molar-refractivity contribution >= 4 is 11.8 Å². The van der Waals surface area contributed by atoms with Gasteiger partial charge in [0.25, 0.3) is 5.91 Å². The molecule has 0 radical (unpaired) electrons. The van der Waals surface area contributed by atoms with Crippen LogP contribution < -0.4 is 10.4 Å². The van der Waals surface area contributed by atoms with E-state index in [4.69, 9.17) is 9.47 Å². The number of ether oxygens (including phenoxy) is 2. The number of rotatable bonds is 3. The highest BCUT2D eigenvalue weighted by molar-refractivity contribution is 5.97. The molecule has 2 fully saturated rings. The molecule has 1 atom stereocenters. The Hall–Kier alpha value is -3.20. The van der Waals surface area contributed by atoms with Gasteiger partial charge in [-0.25, -0.2) is 4.79 Å². The first-order chi connectivity index (χ1) is 19.3. The van der Waals surface area contributed by atoms with E-state index in [-0.39, 0.29) is 35.4 Å². The van der Waals surface area contributed by atoms with E-state index in [1.807, 2.05) is 47.1 Å². The molecule has 1 spiro atoms. The fourth-order valence-corrected chi connectivity index (χ4v) is 6.46. The molecule has 5 rings (SSSR count). The summed E-state index contributed by atoms with van der Waals surface area (Å²) in [6.07, 6.45) is 6.94. The van der Waals surface area contributed by atoms with Gasteiger partial charge in [0.1, 0.15) is 5.75 Å². The first-order valence-corrected chi connectivity index (χ1v) is 14.8. The Kier molecular flexibility index (Phi) is 8.88. The topological polar surface area (TPSA) is 94.0 Å². The molecule has 0 saturated carbocycles. The van der Waals surface area contributed by atoms with Gasteiger partial charge >= 0.3 is 5.69 Å². The van der Waals surface area contributed by atoms with Gasteiger partial charge in [-0.2, -0.15) is 4.98 Å². The average molecular weight is 551 g/mol. The van der Waals surface area contributed by atoms with Crippen LogP contribution >= 0.6 is 0 Å². The predicted molar refractivity (Wildman–Crippen MR) is 152 cm³/mol. The highest BCUT2D eigenvalue weighted by Crippen LogP contribution is 2.38. The zero-order valence-corrected chi connectivity index (χ0v) is 23.9. The molecule has 0 aliphatic carbocycles. The van der Waals surface area contributed by atoms with Crippen molar-refractivity contribution in [1.82, 2.24) is 19.4 Å². The molecule has 40 heavy (non-hydrogen) atoms. The number of piperidine rings is 1. The minimum atomic E-state index is -0.303. The van der Waals surface area contributed by atoms with Crippen molar-refractivity contribution in [2.45, 2.75) is 77.8 Å². The number of aromatic nitrogens is 2. The normalized spacial score (nSPS) is 21.9. The molecule has 0 unspecified atom stereocenters. The van der Waals surface area contributed by atoms with E-state index in [0.717, 1.165) is 57.2 Å². The molecular formula is C31H42N4O5. The Balaban J connectivity index is 1.25. The number of carbonyl (C=O) groups excluding carboxylic acids is 2. The monoisotopic (exact) mass is 550 g/mol. The van der Waals surface area contributed by atoms with Crippen LogP contribution in [0.25, 0.3) is 0 Å². The van der Waals surface area contributed by atoms with Crippen molar-refractivity contribution in [2.24, 2.45) is 5.41 Å². The molecule has 0 N–H and O–H groups in total. The summed E-state index contributed by atoms with van der Waals surface area (Å²) in [7, 11) is 0. The Morgan fingerprint density at radius 1 is 1.05 bits per heavy atom. The van der Waals surface area contributed by atoms with E-state index in [2.05, 4.69) is 4.98 Å². The molecule has 1 aromatic carbocycles.